The molecule has 3 aromatic rings. The number of hydrogen-bond donors (Lipinski definition) is 1. The molecular weight excluding hydrogens is 477 g/mol. The van der Waals surface area contributed by atoms with Crippen LogP contribution in [0.2, 0.25) is 5.15 Å². The van der Waals surface area contributed by atoms with Crippen molar-refractivity contribution in [3.8, 4) is 0 Å². The molecule has 0 saturated carbocycles. The first-order valence-electron chi connectivity index (χ1n) is 11.5. The van der Waals surface area contributed by atoms with Gasteiger partial charge in [0.1, 0.15) is 10.8 Å². The lowest BCUT2D eigenvalue weighted by atomic mass is 9.72. The number of piperidine rings is 1. The highest BCUT2D eigenvalue weighted by Gasteiger charge is 2.37. The summed E-state index contributed by atoms with van der Waals surface area (Å²) in [5.74, 6) is -0.323. The highest BCUT2D eigenvalue weighted by atomic mass is 35.5. The number of carbonyl (C=O) groups is 1. The second-order valence-electron chi connectivity index (χ2n) is 8.80. The molecule has 1 aliphatic rings. The SMILES string of the molecule is O=C(NCC1(c2ccccc2)CCN(CCc2ccccc2C(F)(F)F)CC1)c1cnc(Cl)cn1. The summed E-state index contributed by atoms with van der Waals surface area (Å²) in [6.45, 7) is 2.41. The zero-order valence-electron chi connectivity index (χ0n) is 19.1. The topological polar surface area (TPSA) is 58.1 Å². The van der Waals surface area contributed by atoms with Crippen LogP contribution in [0.25, 0.3) is 0 Å². The number of alkyl halides is 3. The summed E-state index contributed by atoms with van der Waals surface area (Å²) < 4.78 is 40.0. The second kappa shape index (κ2) is 10.7. The van der Waals surface area contributed by atoms with E-state index in [1.54, 1.807) is 12.1 Å². The molecule has 2 heterocycles. The van der Waals surface area contributed by atoms with Gasteiger partial charge in [-0.05, 0) is 49.5 Å². The number of amides is 1. The third kappa shape index (κ3) is 6.18. The molecule has 35 heavy (non-hydrogen) atoms. The van der Waals surface area contributed by atoms with Gasteiger partial charge in [0.05, 0.1) is 18.0 Å². The van der Waals surface area contributed by atoms with Crippen molar-refractivity contribution in [2.75, 3.05) is 26.2 Å². The average molecular weight is 503 g/mol. The van der Waals surface area contributed by atoms with Crippen LogP contribution in [-0.2, 0) is 18.0 Å². The van der Waals surface area contributed by atoms with Crippen molar-refractivity contribution in [1.82, 2.24) is 20.2 Å². The number of aromatic nitrogens is 2. The number of hydrogen-bond acceptors (Lipinski definition) is 4. The second-order valence-corrected chi connectivity index (χ2v) is 9.19. The highest BCUT2D eigenvalue weighted by molar-refractivity contribution is 6.29. The summed E-state index contributed by atoms with van der Waals surface area (Å²) in [6, 6.07) is 15.8. The van der Waals surface area contributed by atoms with Gasteiger partial charge in [0.2, 0.25) is 0 Å². The number of carbonyl (C=O) groups excluding carboxylic acids is 1. The Bertz CT molecular complexity index is 1130. The largest absolute Gasteiger partial charge is 0.416 e. The van der Waals surface area contributed by atoms with E-state index in [1.807, 2.05) is 18.2 Å². The maximum atomic E-state index is 13.3. The summed E-state index contributed by atoms with van der Waals surface area (Å²) in [5.41, 5.74) is 0.791. The van der Waals surface area contributed by atoms with Crippen LogP contribution in [0.3, 0.4) is 0 Å². The Hall–Kier alpha value is -2.97. The molecule has 5 nitrogen and oxygen atoms in total. The summed E-state index contributed by atoms with van der Waals surface area (Å²) in [4.78, 5) is 22.8. The molecule has 1 saturated heterocycles. The highest BCUT2D eigenvalue weighted by Crippen LogP contribution is 2.36. The van der Waals surface area contributed by atoms with Crippen LogP contribution in [0.1, 0.15) is 40.0 Å². The molecule has 9 heteroatoms. The van der Waals surface area contributed by atoms with Crippen molar-refractivity contribution in [3.05, 3.63) is 94.5 Å². The molecule has 1 N–H and O–H groups in total. The van der Waals surface area contributed by atoms with Gasteiger partial charge in [-0.3, -0.25) is 4.79 Å². The van der Waals surface area contributed by atoms with Gasteiger partial charge in [-0.1, -0.05) is 60.1 Å². The Morgan fingerprint density at radius 1 is 1.00 bits per heavy atom. The van der Waals surface area contributed by atoms with E-state index in [4.69, 9.17) is 11.6 Å². The van der Waals surface area contributed by atoms with Gasteiger partial charge in [0, 0.05) is 18.5 Å². The molecule has 4 rings (SSSR count). The summed E-state index contributed by atoms with van der Waals surface area (Å²) >= 11 is 5.76. The van der Waals surface area contributed by atoms with E-state index in [0.29, 0.717) is 25.1 Å². The molecule has 2 aromatic carbocycles. The van der Waals surface area contributed by atoms with Crippen molar-refractivity contribution in [3.63, 3.8) is 0 Å². The molecule has 1 aliphatic heterocycles. The van der Waals surface area contributed by atoms with E-state index in [2.05, 4.69) is 32.3 Å². The van der Waals surface area contributed by atoms with Crippen LogP contribution in [0, 0.1) is 0 Å². The maximum Gasteiger partial charge on any atom is 0.416 e. The number of benzene rings is 2. The maximum absolute atomic E-state index is 13.3. The summed E-state index contributed by atoms with van der Waals surface area (Å²) in [5, 5.41) is 3.21. The van der Waals surface area contributed by atoms with Crippen molar-refractivity contribution in [2.24, 2.45) is 0 Å². The van der Waals surface area contributed by atoms with Gasteiger partial charge in [-0.2, -0.15) is 13.2 Å². The van der Waals surface area contributed by atoms with Crippen molar-refractivity contribution < 1.29 is 18.0 Å². The fraction of sp³-hybridized carbons (Fsp3) is 0.346. The molecular formula is C26H26ClF3N4O. The summed E-state index contributed by atoms with van der Waals surface area (Å²) in [7, 11) is 0. The minimum absolute atomic E-state index is 0.193. The average Bonchev–Trinajstić information content (AvgIpc) is 2.87. The van der Waals surface area contributed by atoms with E-state index >= 15 is 0 Å². The molecule has 0 radical (unpaired) electrons. The first kappa shape index (κ1) is 25.1. The Labute approximate surface area is 207 Å². The van der Waals surface area contributed by atoms with Crippen LogP contribution in [0.4, 0.5) is 13.2 Å². The van der Waals surface area contributed by atoms with E-state index in [9.17, 15) is 18.0 Å². The van der Waals surface area contributed by atoms with E-state index in [1.165, 1.54) is 18.5 Å². The number of rotatable bonds is 7. The van der Waals surface area contributed by atoms with Crippen LogP contribution >= 0.6 is 11.6 Å². The molecule has 0 aliphatic carbocycles. The predicted octanol–water partition coefficient (Wildman–Crippen LogP) is 5.16. The lowest BCUT2D eigenvalue weighted by Crippen LogP contribution is -2.49. The van der Waals surface area contributed by atoms with E-state index in [0.717, 1.165) is 37.6 Å². The number of halogens is 4. The van der Waals surface area contributed by atoms with Gasteiger partial charge in [0.25, 0.3) is 5.91 Å². The standard InChI is InChI=1S/C26H26ClF3N4O/c27-23-17-31-22(16-32-23)24(35)33-18-25(20-7-2-1-3-8-20)11-14-34(15-12-25)13-10-19-6-4-5-9-21(19)26(28,29)30/h1-9,16-17H,10-15,18H2,(H,33,35). The van der Waals surface area contributed by atoms with Crippen molar-refractivity contribution in [2.45, 2.75) is 30.9 Å². The molecule has 1 fully saturated rings. The van der Waals surface area contributed by atoms with Crippen LogP contribution in [-0.4, -0.2) is 47.0 Å². The summed E-state index contributed by atoms with van der Waals surface area (Å²) in [6.07, 6.45) is 0.190. The molecule has 0 bridgehead atoms. The van der Waals surface area contributed by atoms with Gasteiger partial charge >= 0.3 is 6.18 Å². The number of nitrogens with one attached hydrogen (secondary N) is 1. The number of nitrogens with zero attached hydrogens (tertiary/aromatic N) is 3. The van der Waals surface area contributed by atoms with Gasteiger partial charge < -0.3 is 10.2 Å². The minimum atomic E-state index is -4.35. The van der Waals surface area contributed by atoms with E-state index in [-0.39, 0.29) is 22.2 Å². The minimum Gasteiger partial charge on any atom is -0.350 e. The van der Waals surface area contributed by atoms with Crippen LogP contribution < -0.4 is 5.32 Å². The van der Waals surface area contributed by atoms with Gasteiger partial charge in [-0.25, -0.2) is 9.97 Å². The zero-order chi connectivity index (χ0) is 24.9. The Morgan fingerprint density at radius 3 is 2.34 bits per heavy atom. The van der Waals surface area contributed by atoms with Gasteiger partial charge in [-0.15, -0.1) is 0 Å². The first-order valence-corrected chi connectivity index (χ1v) is 11.8. The third-order valence-electron chi connectivity index (χ3n) is 6.66. The quantitative estimate of drug-likeness (QED) is 0.485. The monoisotopic (exact) mass is 502 g/mol. The smallest absolute Gasteiger partial charge is 0.350 e. The molecule has 184 valence electrons. The Kier molecular flexibility index (Phi) is 7.72. The Morgan fingerprint density at radius 2 is 1.69 bits per heavy atom. The molecule has 0 spiro atoms. The van der Waals surface area contributed by atoms with Crippen molar-refractivity contribution in [1.29, 1.82) is 0 Å². The predicted molar refractivity (Wildman–Crippen MR) is 128 cm³/mol. The molecule has 1 aromatic heterocycles. The lowest BCUT2D eigenvalue weighted by Gasteiger charge is -2.42. The first-order chi connectivity index (χ1) is 16.8. The third-order valence-corrected chi connectivity index (χ3v) is 6.85. The fourth-order valence-corrected chi connectivity index (χ4v) is 4.72. The fourth-order valence-electron chi connectivity index (χ4n) is 4.63. The zero-order valence-corrected chi connectivity index (χ0v) is 19.8. The van der Waals surface area contributed by atoms with E-state index < -0.39 is 11.7 Å². The van der Waals surface area contributed by atoms with Gasteiger partial charge in [0.15, 0.2) is 0 Å². The normalized spacial score (nSPS) is 16.1. The molecule has 1 amide bonds. The van der Waals surface area contributed by atoms with Crippen molar-refractivity contribution >= 4 is 17.5 Å². The molecule has 0 atom stereocenters. The van der Waals surface area contributed by atoms with Crippen LogP contribution in [0.15, 0.2) is 67.0 Å². The molecule has 0 unspecified atom stereocenters. The number of likely N-dealkylation sites (tertiary alicyclic amines) is 1. The Balaban J connectivity index is 1.42. The van der Waals surface area contributed by atoms with Crippen LogP contribution in [0.5, 0.6) is 0 Å². The lowest BCUT2D eigenvalue weighted by molar-refractivity contribution is -0.138.